The van der Waals surface area contributed by atoms with E-state index >= 15 is 0 Å². The Morgan fingerprint density at radius 3 is 3.00 bits per heavy atom. The van der Waals surface area contributed by atoms with Crippen LogP contribution in [0.3, 0.4) is 0 Å². The van der Waals surface area contributed by atoms with E-state index in [4.69, 9.17) is 5.73 Å². The summed E-state index contributed by atoms with van der Waals surface area (Å²) in [4.78, 5) is 3.80. The molecule has 0 bridgehead atoms. The minimum atomic E-state index is 0.434. The molecule has 0 saturated heterocycles. The monoisotopic (exact) mass is 248 g/mol. The van der Waals surface area contributed by atoms with E-state index in [2.05, 4.69) is 42.2 Å². The Balaban J connectivity index is 1.99. The molecule has 1 atom stereocenters. The maximum Gasteiger partial charge on any atom is 0.0555 e. The number of thiophene rings is 1. The summed E-state index contributed by atoms with van der Waals surface area (Å²) in [7, 11) is 2.21. The number of nitrogens with zero attached hydrogens (tertiary/aromatic N) is 1. The van der Waals surface area contributed by atoms with E-state index in [1.165, 1.54) is 17.7 Å². The smallest absolute Gasteiger partial charge is 0.0555 e. The zero-order chi connectivity index (χ0) is 12.3. The highest BCUT2D eigenvalue weighted by Crippen LogP contribution is 2.35. The van der Waals surface area contributed by atoms with Crippen molar-refractivity contribution >= 4 is 11.3 Å². The van der Waals surface area contributed by atoms with Gasteiger partial charge in [0.1, 0.15) is 0 Å². The van der Waals surface area contributed by atoms with Crippen molar-refractivity contribution in [3.8, 4) is 11.8 Å². The van der Waals surface area contributed by atoms with Gasteiger partial charge in [0.25, 0.3) is 0 Å². The fraction of sp³-hybridized carbons (Fsp3) is 0.571. The summed E-state index contributed by atoms with van der Waals surface area (Å²) >= 11 is 1.79. The molecule has 1 unspecified atom stereocenters. The fourth-order valence-electron chi connectivity index (χ4n) is 2.03. The third kappa shape index (κ3) is 3.32. The van der Waals surface area contributed by atoms with Gasteiger partial charge in [-0.3, -0.25) is 4.90 Å². The van der Waals surface area contributed by atoms with Crippen molar-refractivity contribution in [3.63, 3.8) is 0 Å². The van der Waals surface area contributed by atoms with Crippen LogP contribution in [0.1, 0.15) is 30.2 Å². The summed E-state index contributed by atoms with van der Waals surface area (Å²) in [5, 5.41) is 2.12. The molecule has 1 heterocycles. The number of rotatable bonds is 4. The van der Waals surface area contributed by atoms with E-state index < -0.39 is 0 Å². The maximum atomic E-state index is 5.41. The number of nitrogens with two attached hydrogens (primary N) is 1. The van der Waals surface area contributed by atoms with Crippen LogP contribution in [0.4, 0.5) is 0 Å². The maximum absolute atomic E-state index is 5.41. The normalized spacial score (nSPS) is 16.7. The quantitative estimate of drug-likeness (QED) is 0.828. The molecule has 1 aliphatic rings. The van der Waals surface area contributed by atoms with Crippen molar-refractivity contribution in [3.05, 3.63) is 21.9 Å². The summed E-state index contributed by atoms with van der Waals surface area (Å²) in [6, 6.07) is 2.78. The highest BCUT2D eigenvalue weighted by Gasteiger charge is 2.30. The van der Waals surface area contributed by atoms with Crippen molar-refractivity contribution in [1.29, 1.82) is 0 Å². The van der Waals surface area contributed by atoms with Crippen LogP contribution in [0.5, 0.6) is 0 Å². The average molecular weight is 248 g/mol. The number of hydrogen-bond acceptors (Lipinski definition) is 3. The molecule has 1 fully saturated rings. The van der Waals surface area contributed by atoms with Crippen LogP contribution in [0, 0.1) is 17.8 Å². The second-order valence-corrected chi connectivity index (χ2v) is 5.76. The summed E-state index contributed by atoms with van der Waals surface area (Å²) < 4.78 is 0. The second kappa shape index (κ2) is 5.68. The first-order chi connectivity index (χ1) is 8.22. The molecular weight excluding hydrogens is 228 g/mol. The van der Waals surface area contributed by atoms with Crippen molar-refractivity contribution in [2.45, 2.75) is 32.4 Å². The third-order valence-corrected chi connectivity index (χ3v) is 4.37. The fourth-order valence-corrected chi connectivity index (χ4v) is 2.92. The van der Waals surface area contributed by atoms with Gasteiger partial charge in [-0.2, -0.15) is 0 Å². The van der Waals surface area contributed by atoms with Gasteiger partial charge < -0.3 is 5.73 Å². The highest BCUT2D eigenvalue weighted by molar-refractivity contribution is 7.10. The van der Waals surface area contributed by atoms with Crippen molar-refractivity contribution in [2.24, 2.45) is 11.7 Å². The highest BCUT2D eigenvalue weighted by atomic mass is 32.1. The Morgan fingerprint density at radius 1 is 1.59 bits per heavy atom. The first-order valence-corrected chi connectivity index (χ1v) is 7.06. The average Bonchev–Trinajstić information content (AvgIpc) is 3.08. The Labute approximate surface area is 108 Å². The van der Waals surface area contributed by atoms with Gasteiger partial charge in [-0.25, -0.2) is 0 Å². The molecule has 92 valence electrons. The van der Waals surface area contributed by atoms with Crippen LogP contribution in [-0.2, 0) is 6.54 Å². The molecule has 2 nitrogen and oxygen atoms in total. The molecule has 3 heteroatoms. The van der Waals surface area contributed by atoms with Crippen LogP contribution in [0.2, 0.25) is 0 Å². The second-order valence-electron chi connectivity index (χ2n) is 4.76. The molecule has 0 aliphatic heterocycles. The zero-order valence-corrected chi connectivity index (χ0v) is 11.4. The van der Waals surface area contributed by atoms with Gasteiger partial charge in [-0.05, 0) is 44.2 Å². The van der Waals surface area contributed by atoms with E-state index in [1.54, 1.807) is 11.3 Å². The predicted octanol–water partition coefficient (Wildman–Crippen LogP) is 2.29. The predicted molar refractivity (Wildman–Crippen MR) is 73.9 cm³/mol. The minimum absolute atomic E-state index is 0.434. The largest absolute Gasteiger partial charge is 0.320 e. The van der Waals surface area contributed by atoms with Crippen molar-refractivity contribution in [2.75, 3.05) is 13.6 Å². The molecule has 0 radical (unpaired) electrons. The lowest BCUT2D eigenvalue weighted by Crippen LogP contribution is -2.30. The third-order valence-electron chi connectivity index (χ3n) is 3.46. The Morgan fingerprint density at radius 2 is 2.35 bits per heavy atom. The van der Waals surface area contributed by atoms with E-state index in [0.29, 0.717) is 12.6 Å². The molecule has 1 aliphatic carbocycles. The van der Waals surface area contributed by atoms with Gasteiger partial charge in [0.15, 0.2) is 0 Å². The molecule has 0 aromatic carbocycles. The van der Waals surface area contributed by atoms with E-state index in [0.717, 1.165) is 18.0 Å². The molecule has 1 saturated carbocycles. The molecule has 0 amide bonds. The van der Waals surface area contributed by atoms with Crippen molar-refractivity contribution in [1.82, 2.24) is 4.90 Å². The van der Waals surface area contributed by atoms with Gasteiger partial charge in [0, 0.05) is 23.0 Å². The van der Waals surface area contributed by atoms with Gasteiger partial charge in [-0.15, -0.1) is 11.3 Å². The van der Waals surface area contributed by atoms with Crippen LogP contribution in [-0.4, -0.2) is 24.5 Å². The first-order valence-electron chi connectivity index (χ1n) is 6.18. The Bertz CT molecular complexity index is 423. The molecule has 2 N–H and O–H groups in total. The minimum Gasteiger partial charge on any atom is -0.320 e. The topological polar surface area (TPSA) is 29.3 Å². The lowest BCUT2D eigenvalue weighted by Gasteiger charge is -2.24. The van der Waals surface area contributed by atoms with Crippen molar-refractivity contribution < 1.29 is 0 Å². The van der Waals surface area contributed by atoms with E-state index in [-0.39, 0.29) is 0 Å². The summed E-state index contributed by atoms with van der Waals surface area (Å²) in [5.74, 6) is 7.00. The lowest BCUT2D eigenvalue weighted by molar-refractivity contribution is 0.228. The summed E-state index contributed by atoms with van der Waals surface area (Å²) in [6.45, 7) is 3.77. The van der Waals surface area contributed by atoms with Gasteiger partial charge in [0.05, 0.1) is 6.54 Å². The van der Waals surface area contributed by atoms with Crippen LogP contribution in [0.25, 0.3) is 0 Å². The number of hydrogen-bond donors (Lipinski definition) is 1. The van der Waals surface area contributed by atoms with E-state index in [1.807, 2.05) is 0 Å². The molecule has 1 aromatic heterocycles. The van der Waals surface area contributed by atoms with E-state index in [9.17, 15) is 0 Å². The molecule has 1 aromatic rings. The van der Waals surface area contributed by atoms with Crippen LogP contribution in [0.15, 0.2) is 11.4 Å². The SMILES string of the molecule is CC(C1CC1)N(C)Cc1sccc1C#CCN. The van der Waals surface area contributed by atoms with Gasteiger partial charge in [-0.1, -0.05) is 11.8 Å². The summed E-state index contributed by atoms with van der Waals surface area (Å²) in [5.41, 5.74) is 6.56. The summed E-state index contributed by atoms with van der Waals surface area (Å²) in [6.07, 6.45) is 2.80. The lowest BCUT2D eigenvalue weighted by atomic mass is 10.2. The molecule has 17 heavy (non-hydrogen) atoms. The zero-order valence-electron chi connectivity index (χ0n) is 10.6. The molecule has 2 rings (SSSR count). The molecule has 0 spiro atoms. The van der Waals surface area contributed by atoms with Gasteiger partial charge in [0.2, 0.25) is 0 Å². The Hall–Kier alpha value is -0.820. The van der Waals surface area contributed by atoms with Crippen LogP contribution >= 0.6 is 11.3 Å². The standard InChI is InChI=1S/C14H20N2S/c1-11(12-5-6-12)16(2)10-14-13(4-3-8-15)7-9-17-14/h7,9,11-12H,5-6,8,10,15H2,1-2H3. The molecular formula is C14H20N2S. The van der Waals surface area contributed by atoms with Gasteiger partial charge >= 0.3 is 0 Å². The Kier molecular flexibility index (Phi) is 4.22. The first kappa shape index (κ1) is 12.6. The van der Waals surface area contributed by atoms with Crippen LogP contribution < -0.4 is 5.73 Å².